The number of rotatable bonds is 2. The second kappa shape index (κ2) is 5.85. The normalized spacial score (nSPS) is 22.0. The fourth-order valence-corrected chi connectivity index (χ4v) is 3.32. The lowest BCUT2D eigenvalue weighted by Gasteiger charge is -2.26. The molecule has 0 aromatic carbocycles. The number of carbonyl (C=O) groups is 1. The van der Waals surface area contributed by atoms with Crippen LogP contribution in [0.15, 0.2) is 16.9 Å². The number of hydrogen-bond donors (Lipinski definition) is 2. The predicted octanol–water partition coefficient (Wildman–Crippen LogP) is 2.78. The van der Waals surface area contributed by atoms with Crippen molar-refractivity contribution in [1.82, 2.24) is 14.8 Å². The van der Waals surface area contributed by atoms with E-state index in [2.05, 4.69) is 26.0 Å². The number of pyridine rings is 1. The van der Waals surface area contributed by atoms with Gasteiger partial charge in [0.25, 0.3) is 0 Å². The number of hydrogen-bond acceptors (Lipinski definition) is 4. The molecule has 0 aliphatic heterocycles. The lowest BCUT2D eigenvalue weighted by Crippen LogP contribution is -2.25. The van der Waals surface area contributed by atoms with Crippen LogP contribution in [0.1, 0.15) is 31.7 Å². The fourth-order valence-electron chi connectivity index (χ4n) is 2.85. The molecule has 22 heavy (non-hydrogen) atoms. The summed E-state index contributed by atoms with van der Waals surface area (Å²) in [6.45, 7) is 0. The largest absolute Gasteiger partial charge is 0.465 e. The molecule has 2 N–H and O–H groups in total. The minimum absolute atomic E-state index is 0.211. The minimum Gasteiger partial charge on any atom is -0.465 e. The zero-order chi connectivity index (χ0) is 15.9. The molecule has 0 bridgehead atoms. The zero-order valence-corrected chi connectivity index (χ0v) is 13.7. The zero-order valence-electron chi connectivity index (χ0n) is 12.1. The Morgan fingerprint density at radius 2 is 2.09 bits per heavy atom. The molecule has 0 saturated heterocycles. The molecule has 7 nitrogen and oxygen atoms in total. The summed E-state index contributed by atoms with van der Waals surface area (Å²) in [6.07, 6.45) is 3.59. The van der Waals surface area contributed by atoms with E-state index < -0.39 is 6.09 Å². The van der Waals surface area contributed by atoms with Gasteiger partial charge in [-0.2, -0.15) is 5.10 Å². The van der Waals surface area contributed by atoms with Crippen molar-refractivity contribution in [1.29, 1.82) is 0 Å². The van der Waals surface area contributed by atoms with Crippen LogP contribution in [0.4, 0.5) is 10.6 Å². The van der Waals surface area contributed by atoms with Gasteiger partial charge in [0.2, 0.25) is 0 Å². The van der Waals surface area contributed by atoms with Crippen LogP contribution in [0.25, 0.3) is 10.9 Å². The van der Waals surface area contributed by atoms with Gasteiger partial charge in [-0.15, -0.1) is 0 Å². The first-order valence-corrected chi connectivity index (χ1v) is 7.95. The van der Waals surface area contributed by atoms with Crippen LogP contribution in [0.2, 0.25) is 0 Å². The molecule has 2 aromatic rings. The first-order valence-electron chi connectivity index (χ1n) is 7.16. The van der Waals surface area contributed by atoms with E-state index in [1.54, 1.807) is 12.3 Å². The van der Waals surface area contributed by atoms with Gasteiger partial charge in [0.1, 0.15) is 10.4 Å². The highest BCUT2D eigenvalue weighted by Crippen LogP contribution is 2.34. The first kappa shape index (κ1) is 15.2. The molecule has 1 fully saturated rings. The molecule has 8 heteroatoms. The Bertz CT molecular complexity index is 709. The summed E-state index contributed by atoms with van der Waals surface area (Å²) in [7, 11) is 1.46. The summed E-state index contributed by atoms with van der Waals surface area (Å²) < 4.78 is 2.62. The van der Waals surface area contributed by atoms with E-state index in [-0.39, 0.29) is 12.1 Å². The van der Waals surface area contributed by atoms with Gasteiger partial charge in [-0.25, -0.2) is 9.78 Å². The summed E-state index contributed by atoms with van der Waals surface area (Å²) in [4.78, 5) is 16.4. The number of fused-ring (bicyclic) bond motifs is 1. The molecule has 0 atom stereocenters. The molecule has 0 spiro atoms. The maximum absolute atomic E-state index is 11.1. The van der Waals surface area contributed by atoms with Gasteiger partial charge in [-0.3, -0.25) is 9.58 Å². The Kier molecular flexibility index (Phi) is 4.05. The van der Waals surface area contributed by atoms with Crippen molar-refractivity contribution >= 4 is 38.7 Å². The fraction of sp³-hybridized carbons (Fsp3) is 0.500. The smallest absolute Gasteiger partial charge is 0.412 e. The summed E-state index contributed by atoms with van der Waals surface area (Å²) >= 11 is 3.44. The Morgan fingerprint density at radius 3 is 2.73 bits per heavy atom. The average Bonchev–Trinajstić information content (AvgIpc) is 2.84. The molecule has 1 aliphatic rings. The lowest BCUT2D eigenvalue weighted by atomic mass is 9.93. The van der Waals surface area contributed by atoms with Gasteiger partial charge in [0, 0.05) is 19.3 Å². The molecular weight excluding hydrogens is 352 g/mol. The Morgan fingerprint density at radius 1 is 1.41 bits per heavy atom. The molecule has 0 radical (unpaired) electrons. The second-order valence-corrected chi connectivity index (χ2v) is 6.35. The molecule has 0 unspecified atom stereocenters. The highest BCUT2D eigenvalue weighted by atomic mass is 79.9. The Labute approximate surface area is 135 Å². The van der Waals surface area contributed by atoms with Crippen molar-refractivity contribution in [2.75, 3.05) is 11.9 Å². The molecule has 1 aliphatic carbocycles. The molecule has 2 heterocycles. The van der Waals surface area contributed by atoms with Crippen LogP contribution in [0.3, 0.4) is 0 Å². The number of aliphatic hydroxyl groups is 1. The van der Waals surface area contributed by atoms with Gasteiger partial charge in [-0.1, -0.05) is 0 Å². The summed E-state index contributed by atoms with van der Waals surface area (Å²) in [6, 6.07) is 1.95. The number of anilines is 1. The number of carboxylic acid groups (broad SMARTS) is 1. The summed E-state index contributed by atoms with van der Waals surface area (Å²) in [5.41, 5.74) is 0.853. The molecule has 118 valence electrons. The third-order valence-corrected chi connectivity index (χ3v) is 4.76. The topological polar surface area (TPSA) is 91.5 Å². The number of aromatic nitrogens is 3. The SMILES string of the molecule is CN(C(=O)O)c1cc2c(cn1)c(Br)nn2C1CCC(O)CC1. The number of nitrogens with zero attached hydrogens (tertiary/aromatic N) is 4. The Balaban J connectivity index is 2.02. The van der Waals surface area contributed by atoms with Crippen molar-refractivity contribution in [2.24, 2.45) is 0 Å². The van der Waals surface area contributed by atoms with Crippen LogP contribution < -0.4 is 4.90 Å². The average molecular weight is 369 g/mol. The van der Waals surface area contributed by atoms with Gasteiger partial charge >= 0.3 is 6.09 Å². The quantitative estimate of drug-likeness (QED) is 0.850. The number of aliphatic hydroxyl groups excluding tert-OH is 1. The van der Waals surface area contributed by atoms with E-state index >= 15 is 0 Å². The highest BCUT2D eigenvalue weighted by molar-refractivity contribution is 9.10. The van der Waals surface area contributed by atoms with E-state index in [1.165, 1.54) is 7.05 Å². The molecule has 2 aromatic heterocycles. The van der Waals surface area contributed by atoms with E-state index in [4.69, 9.17) is 5.11 Å². The molecule has 3 rings (SSSR count). The monoisotopic (exact) mass is 368 g/mol. The summed E-state index contributed by atoms with van der Waals surface area (Å²) in [5.74, 6) is 0.365. The van der Waals surface area contributed by atoms with E-state index in [0.717, 1.165) is 41.5 Å². The third kappa shape index (κ3) is 2.68. The maximum Gasteiger partial charge on any atom is 0.412 e. The van der Waals surface area contributed by atoms with Gasteiger partial charge in [0.05, 0.1) is 23.0 Å². The van der Waals surface area contributed by atoms with Crippen LogP contribution in [0, 0.1) is 0 Å². The number of amides is 1. The van der Waals surface area contributed by atoms with Crippen LogP contribution in [0.5, 0.6) is 0 Å². The van der Waals surface area contributed by atoms with E-state index in [1.807, 2.05) is 4.68 Å². The molecule has 1 amide bonds. The lowest BCUT2D eigenvalue weighted by molar-refractivity contribution is 0.109. The minimum atomic E-state index is -1.06. The van der Waals surface area contributed by atoms with Crippen LogP contribution in [-0.4, -0.2) is 44.2 Å². The van der Waals surface area contributed by atoms with Crippen LogP contribution in [-0.2, 0) is 0 Å². The van der Waals surface area contributed by atoms with Gasteiger partial charge in [0.15, 0.2) is 0 Å². The first-order chi connectivity index (χ1) is 10.5. The number of halogens is 1. The predicted molar refractivity (Wildman–Crippen MR) is 85.2 cm³/mol. The van der Waals surface area contributed by atoms with Crippen LogP contribution >= 0.6 is 15.9 Å². The standard InChI is InChI=1S/C14H17BrN4O3/c1-18(14(21)22)12-6-11-10(7-16-12)13(15)17-19(11)8-2-4-9(20)5-3-8/h6-9,20H,2-5H2,1H3,(H,21,22). The second-order valence-electron chi connectivity index (χ2n) is 5.60. The third-order valence-electron chi connectivity index (χ3n) is 4.17. The molecular formula is C14H17BrN4O3. The maximum atomic E-state index is 11.1. The van der Waals surface area contributed by atoms with Crippen molar-refractivity contribution in [3.8, 4) is 0 Å². The highest BCUT2D eigenvalue weighted by Gasteiger charge is 2.24. The van der Waals surface area contributed by atoms with E-state index in [0.29, 0.717) is 10.4 Å². The summed E-state index contributed by atoms with van der Waals surface area (Å²) in [5, 5.41) is 24.1. The van der Waals surface area contributed by atoms with E-state index in [9.17, 15) is 9.90 Å². The van der Waals surface area contributed by atoms with Crippen molar-refractivity contribution in [3.05, 3.63) is 16.9 Å². The van der Waals surface area contributed by atoms with Gasteiger partial charge in [-0.05, 0) is 41.6 Å². The van der Waals surface area contributed by atoms with Crippen molar-refractivity contribution < 1.29 is 15.0 Å². The Hall–Kier alpha value is -1.67. The molecule has 1 saturated carbocycles. The van der Waals surface area contributed by atoms with Gasteiger partial charge < -0.3 is 10.2 Å². The van der Waals surface area contributed by atoms with Crippen molar-refractivity contribution in [3.63, 3.8) is 0 Å². The van der Waals surface area contributed by atoms with Crippen molar-refractivity contribution in [2.45, 2.75) is 37.8 Å².